The molecule has 226 valence electrons. The van der Waals surface area contributed by atoms with Gasteiger partial charge in [0.05, 0.1) is 19.0 Å². The minimum absolute atomic E-state index is 0.173. The van der Waals surface area contributed by atoms with Crippen LogP contribution in [-0.4, -0.2) is 67.8 Å². The Hall–Kier alpha value is -3.94. The molecule has 40 heavy (non-hydrogen) atoms. The van der Waals surface area contributed by atoms with Gasteiger partial charge >= 0.3 is 24.1 Å². The third kappa shape index (κ3) is 21.0. The number of esters is 1. The molecule has 0 aliphatic carbocycles. The van der Waals surface area contributed by atoms with Crippen molar-refractivity contribution in [3.8, 4) is 0 Å². The molecule has 1 aromatic rings. The number of pyridine rings is 1. The van der Waals surface area contributed by atoms with Gasteiger partial charge in [-0.3, -0.25) is 30.2 Å². The lowest BCUT2D eigenvalue weighted by molar-refractivity contribution is -0.295. The molecule has 0 unspecified atom stereocenters. The van der Waals surface area contributed by atoms with Crippen LogP contribution in [0.15, 0.2) is 47.6 Å². The van der Waals surface area contributed by atoms with E-state index in [0.29, 0.717) is 18.0 Å². The zero-order chi connectivity index (χ0) is 31.0. The maximum atomic E-state index is 11.8. The van der Waals surface area contributed by atoms with Crippen LogP contribution in [0.1, 0.15) is 47.0 Å². The lowest BCUT2D eigenvalue weighted by Crippen LogP contribution is -2.43. The molecule has 0 bridgehead atoms. The number of nitrogens with one attached hydrogen (secondary N) is 3. The van der Waals surface area contributed by atoms with Crippen molar-refractivity contribution in [2.75, 3.05) is 37.5 Å². The highest BCUT2D eigenvalue weighted by Gasteiger charge is 2.23. The number of aliphatic imine (C=N–C) groups is 1. The van der Waals surface area contributed by atoms with Crippen molar-refractivity contribution in [1.82, 2.24) is 15.8 Å². The van der Waals surface area contributed by atoms with Crippen molar-refractivity contribution >= 4 is 35.6 Å². The zero-order valence-electron chi connectivity index (χ0n) is 23.8. The van der Waals surface area contributed by atoms with Gasteiger partial charge in [-0.1, -0.05) is 38.2 Å². The average molecular weight is 575 g/mol. The van der Waals surface area contributed by atoms with Crippen LogP contribution in [0, 0.1) is 5.92 Å². The molecule has 14 heteroatoms. The van der Waals surface area contributed by atoms with Crippen LogP contribution in [0.25, 0.3) is 0 Å². The number of anilines is 2. The maximum absolute atomic E-state index is 11.8. The Balaban J connectivity index is 0. The molecule has 0 radical (unpaired) electrons. The van der Waals surface area contributed by atoms with Gasteiger partial charge in [0.15, 0.2) is 0 Å². The van der Waals surface area contributed by atoms with Crippen LogP contribution >= 0.6 is 0 Å². The standard InChI is InChI=1S/C17H24N6O4.C6H10.C2H6.CHF3O/c1-18-11-20-22-17(26)16(25)21-13-3-4-14(19-10-13)23-7-5-12(6-8-23)9-15(24)27-2;1-3-5-6-4-2;1-2;2-1(3,4)5/h3-4,10-12H,5-9H2,1-2H3,(H,18,20)(H,21,25)(H,22,26);3-6H,1-2H3;1-2H3;5H/b;5-3-,6-4-;;. The van der Waals surface area contributed by atoms with Crippen LogP contribution in [0.5, 0.6) is 0 Å². The summed E-state index contributed by atoms with van der Waals surface area (Å²) in [6.07, 6.45) is 7.98. The number of methoxy groups -OCH3 is 1. The third-order valence-corrected chi connectivity index (χ3v) is 4.71. The molecule has 1 aliphatic heterocycles. The number of hydrazine groups is 1. The molecule has 1 aliphatic rings. The Morgan fingerprint density at radius 1 is 1.12 bits per heavy atom. The van der Waals surface area contributed by atoms with E-state index >= 15 is 0 Å². The Morgan fingerprint density at radius 3 is 2.10 bits per heavy atom. The second-order valence-corrected chi connectivity index (χ2v) is 7.58. The summed E-state index contributed by atoms with van der Waals surface area (Å²) in [5.41, 5.74) is 4.97. The Labute approximate surface area is 233 Å². The van der Waals surface area contributed by atoms with Gasteiger partial charge in [0.2, 0.25) is 0 Å². The van der Waals surface area contributed by atoms with Crippen molar-refractivity contribution in [2.45, 2.75) is 53.3 Å². The van der Waals surface area contributed by atoms with E-state index in [4.69, 9.17) is 9.84 Å². The molecule has 2 amide bonds. The molecule has 11 nitrogen and oxygen atoms in total. The predicted octanol–water partition coefficient (Wildman–Crippen LogP) is 3.74. The fraction of sp³-hybridized carbons (Fsp3) is 0.500. The van der Waals surface area contributed by atoms with Crippen LogP contribution in [-0.2, 0) is 19.1 Å². The number of ether oxygens (including phenoxy) is 1. The van der Waals surface area contributed by atoms with Gasteiger partial charge in [-0.05, 0) is 44.7 Å². The van der Waals surface area contributed by atoms with E-state index in [1.165, 1.54) is 26.7 Å². The van der Waals surface area contributed by atoms with Crippen LogP contribution < -0.4 is 21.1 Å². The summed E-state index contributed by atoms with van der Waals surface area (Å²) >= 11 is 0. The van der Waals surface area contributed by atoms with Crippen molar-refractivity contribution in [3.05, 3.63) is 42.6 Å². The number of nitrogens with zero attached hydrogens (tertiary/aromatic N) is 3. The summed E-state index contributed by atoms with van der Waals surface area (Å²) in [5, 5.41) is 8.99. The van der Waals surface area contributed by atoms with E-state index in [0.717, 1.165) is 31.7 Å². The maximum Gasteiger partial charge on any atom is 0.519 e. The quantitative estimate of drug-likeness (QED) is 0.0963. The Kier molecular flexibility index (Phi) is 22.0. The lowest BCUT2D eigenvalue weighted by atomic mass is 9.93. The highest BCUT2D eigenvalue weighted by Crippen LogP contribution is 2.24. The third-order valence-electron chi connectivity index (χ3n) is 4.71. The summed E-state index contributed by atoms with van der Waals surface area (Å²) in [4.78, 5) is 44.7. The summed E-state index contributed by atoms with van der Waals surface area (Å²) < 4.78 is 34.4. The first kappa shape index (κ1) is 38.2. The normalized spacial score (nSPS) is 13.3. The molecule has 2 heterocycles. The summed E-state index contributed by atoms with van der Waals surface area (Å²) in [7, 11) is 2.93. The van der Waals surface area contributed by atoms with E-state index in [1.54, 1.807) is 12.1 Å². The molecule has 0 atom stereocenters. The fourth-order valence-corrected chi connectivity index (χ4v) is 2.96. The minimum Gasteiger partial charge on any atom is -0.469 e. The molecule has 4 N–H and O–H groups in total. The number of aliphatic hydroxyl groups is 1. The second-order valence-electron chi connectivity index (χ2n) is 7.58. The number of piperidine rings is 1. The first-order valence-electron chi connectivity index (χ1n) is 12.5. The van der Waals surface area contributed by atoms with Crippen molar-refractivity contribution < 1.29 is 37.4 Å². The Bertz CT molecular complexity index is 914. The van der Waals surface area contributed by atoms with Gasteiger partial charge in [0, 0.05) is 26.6 Å². The van der Waals surface area contributed by atoms with Crippen LogP contribution in [0.4, 0.5) is 24.7 Å². The molecular formula is C26H41F3N6O5. The number of halogens is 3. The monoisotopic (exact) mass is 574 g/mol. The number of hydrogen-bond donors (Lipinski definition) is 4. The van der Waals surface area contributed by atoms with Crippen molar-refractivity contribution in [2.24, 2.45) is 10.9 Å². The molecule has 1 fully saturated rings. The van der Waals surface area contributed by atoms with Crippen molar-refractivity contribution in [3.63, 3.8) is 0 Å². The number of rotatable bonds is 7. The van der Waals surface area contributed by atoms with E-state index in [-0.39, 0.29) is 5.97 Å². The van der Waals surface area contributed by atoms with Gasteiger partial charge in [-0.25, -0.2) is 4.98 Å². The van der Waals surface area contributed by atoms with E-state index in [2.05, 4.69) is 31.0 Å². The summed E-state index contributed by atoms with van der Waals surface area (Å²) in [6, 6.07) is 3.48. The first-order valence-corrected chi connectivity index (χ1v) is 12.5. The number of carbonyl (C=O) groups excluding carboxylic acids is 3. The van der Waals surface area contributed by atoms with Gasteiger partial charge in [-0.15, -0.1) is 13.2 Å². The first-order chi connectivity index (χ1) is 18.9. The highest BCUT2D eigenvalue weighted by atomic mass is 19.4. The topological polar surface area (TPSA) is 145 Å². The summed E-state index contributed by atoms with van der Waals surface area (Å²) in [5.74, 6) is -0.711. The van der Waals surface area contributed by atoms with Crippen LogP contribution in [0.3, 0.4) is 0 Å². The molecule has 0 spiro atoms. The molecule has 1 saturated heterocycles. The molecule has 0 saturated carbocycles. The van der Waals surface area contributed by atoms with E-state index in [9.17, 15) is 27.6 Å². The summed E-state index contributed by atoms with van der Waals surface area (Å²) in [6.45, 7) is 9.60. The molecular weight excluding hydrogens is 533 g/mol. The molecule has 1 aromatic heterocycles. The van der Waals surface area contributed by atoms with E-state index in [1.807, 2.05) is 52.0 Å². The van der Waals surface area contributed by atoms with Gasteiger partial charge in [0.25, 0.3) is 0 Å². The van der Waals surface area contributed by atoms with Crippen molar-refractivity contribution in [1.29, 1.82) is 0 Å². The smallest absolute Gasteiger partial charge is 0.469 e. The molecule has 0 aromatic carbocycles. The fourth-order valence-electron chi connectivity index (χ4n) is 2.96. The highest BCUT2D eigenvalue weighted by molar-refractivity contribution is 6.39. The Morgan fingerprint density at radius 2 is 1.68 bits per heavy atom. The van der Waals surface area contributed by atoms with Crippen LogP contribution in [0.2, 0.25) is 0 Å². The second kappa shape index (κ2) is 23.0. The molecule has 2 rings (SSSR count). The van der Waals surface area contributed by atoms with Gasteiger partial charge < -0.3 is 20.1 Å². The number of hydrogen-bond acceptors (Lipinski definition) is 8. The zero-order valence-corrected chi connectivity index (χ0v) is 23.8. The number of alkyl halides is 3. The average Bonchev–Trinajstić information content (AvgIpc) is 2.93. The largest absolute Gasteiger partial charge is 0.519 e. The number of allylic oxidation sites excluding steroid dienone is 4. The number of aromatic nitrogens is 1. The van der Waals surface area contributed by atoms with E-state index < -0.39 is 18.2 Å². The minimum atomic E-state index is -5.00. The van der Waals surface area contributed by atoms with Gasteiger partial charge in [0.1, 0.15) is 12.2 Å². The predicted molar refractivity (Wildman–Crippen MR) is 149 cm³/mol. The number of carbonyl (C=O) groups is 3. The number of amides is 2. The lowest BCUT2D eigenvalue weighted by Gasteiger charge is -2.32. The SMILES string of the molecule is C/C=C\C=C/C.CC.CN=CNNC(=O)C(=O)Nc1ccc(N2CCC(CC(=O)OC)CC2)nc1.OC(F)(F)F. The van der Waals surface area contributed by atoms with Gasteiger partial charge in [-0.2, -0.15) is 0 Å².